The lowest BCUT2D eigenvalue weighted by atomic mass is 10.1. The third kappa shape index (κ3) is 4.49. The Morgan fingerprint density at radius 3 is 1.89 bits per heavy atom. The molecule has 0 saturated carbocycles. The molecule has 3 amide bonds. The quantitative estimate of drug-likeness (QED) is 0.881. The van der Waals surface area contributed by atoms with E-state index >= 15 is 0 Å². The van der Waals surface area contributed by atoms with Crippen LogP contribution in [0.1, 0.15) is 27.6 Å². The summed E-state index contributed by atoms with van der Waals surface area (Å²) < 4.78 is 5.09. The van der Waals surface area contributed by atoms with Crippen molar-refractivity contribution in [1.82, 2.24) is 9.80 Å². The summed E-state index contributed by atoms with van der Waals surface area (Å²) in [5, 5.41) is 2.81. The molecule has 146 valence electrons. The second-order valence-corrected chi connectivity index (χ2v) is 6.56. The van der Waals surface area contributed by atoms with E-state index in [9.17, 15) is 14.4 Å². The number of benzene rings is 2. The van der Waals surface area contributed by atoms with Gasteiger partial charge in [0.15, 0.2) is 0 Å². The minimum atomic E-state index is -0.251. The highest BCUT2D eigenvalue weighted by atomic mass is 16.5. The Morgan fingerprint density at radius 1 is 0.821 bits per heavy atom. The minimum absolute atomic E-state index is 0.0272. The molecular formula is C21H23N3O4. The van der Waals surface area contributed by atoms with Crippen LogP contribution in [-0.4, -0.2) is 60.8 Å². The van der Waals surface area contributed by atoms with Gasteiger partial charge >= 0.3 is 0 Å². The molecule has 7 heteroatoms. The van der Waals surface area contributed by atoms with Crippen LogP contribution in [0.15, 0.2) is 48.5 Å². The SMILES string of the molecule is COc1ccc(NC(=O)c2ccc(C(=O)N3CCN(C(C)=O)CC3)cc2)cc1. The fourth-order valence-electron chi connectivity index (χ4n) is 3.05. The standard InChI is InChI=1S/C21H23N3O4/c1-15(25)23-11-13-24(14-12-23)21(27)17-5-3-16(4-6-17)20(26)22-18-7-9-19(28-2)10-8-18/h3-10H,11-14H2,1-2H3,(H,22,26). The molecule has 0 radical (unpaired) electrons. The van der Waals surface area contributed by atoms with Crippen LogP contribution in [0, 0.1) is 0 Å². The highest BCUT2D eigenvalue weighted by molar-refractivity contribution is 6.05. The number of carbonyl (C=O) groups excluding carboxylic acids is 3. The molecule has 0 unspecified atom stereocenters. The Bertz CT molecular complexity index is 854. The van der Waals surface area contributed by atoms with Crippen molar-refractivity contribution in [2.75, 3.05) is 38.6 Å². The third-order valence-corrected chi connectivity index (χ3v) is 4.75. The van der Waals surface area contributed by atoms with Crippen LogP contribution in [0.2, 0.25) is 0 Å². The van der Waals surface area contributed by atoms with Crippen LogP contribution in [0.3, 0.4) is 0 Å². The van der Waals surface area contributed by atoms with Crippen molar-refractivity contribution in [3.63, 3.8) is 0 Å². The van der Waals surface area contributed by atoms with Gasteiger partial charge in [0.05, 0.1) is 7.11 Å². The molecule has 1 fully saturated rings. The second kappa shape index (κ2) is 8.56. The van der Waals surface area contributed by atoms with Gasteiger partial charge in [-0.3, -0.25) is 14.4 Å². The molecule has 0 bridgehead atoms. The highest BCUT2D eigenvalue weighted by Crippen LogP contribution is 2.16. The van der Waals surface area contributed by atoms with Crippen LogP contribution < -0.4 is 10.1 Å². The summed E-state index contributed by atoms with van der Waals surface area (Å²) in [6.45, 7) is 3.65. The molecule has 0 spiro atoms. The lowest BCUT2D eigenvalue weighted by Gasteiger charge is -2.34. The number of piperazine rings is 1. The number of rotatable bonds is 4. The Morgan fingerprint density at radius 2 is 1.36 bits per heavy atom. The van der Waals surface area contributed by atoms with Crippen molar-refractivity contribution in [2.24, 2.45) is 0 Å². The van der Waals surface area contributed by atoms with E-state index in [0.717, 1.165) is 0 Å². The maximum absolute atomic E-state index is 12.6. The van der Waals surface area contributed by atoms with E-state index in [0.29, 0.717) is 48.7 Å². The monoisotopic (exact) mass is 381 g/mol. The van der Waals surface area contributed by atoms with Crippen LogP contribution in [0.25, 0.3) is 0 Å². The van der Waals surface area contributed by atoms with Gasteiger partial charge in [-0.25, -0.2) is 0 Å². The van der Waals surface area contributed by atoms with Crippen molar-refractivity contribution < 1.29 is 19.1 Å². The summed E-state index contributed by atoms with van der Waals surface area (Å²) in [6.07, 6.45) is 0. The molecular weight excluding hydrogens is 358 g/mol. The predicted octanol–water partition coefficient (Wildman–Crippen LogP) is 2.25. The predicted molar refractivity (Wildman–Crippen MR) is 106 cm³/mol. The molecule has 0 atom stereocenters. The van der Waals surface area contributed by atoms with Crippen LogP contribution in [0.5, 0.6) is 5.75 Å². The van der Waals surface area contributed by atoms with Crippen molar-refractivity contribution >= 4 is 23.4 Å². The zero-order chi connectivity index (χ0) is 20.1. The molecule has 7 nitrogen and oxygen atoms in total. The molecule has 1 aliphatic rings. The Kier molecular flexibility index (Phi) is 5.93. The molecule has 0 aromatic heterocycles. The summed E-state index contributed by atoms with van der Waals surface area (Å²) in [5.74, 6) is 0.397. The first-order valence-electron chi connectivity index (χ1n) is 9.08. The second-order valence-electron chi connectivity index (χ2n) is 6.56. The largest absolute Gasteiger partial charge is 0.497 e. The number of hydrogen-bond donors (Lipinski definition) is 1. The van der Waals surface area contributed by atoms with E-state index < -0.39 is 0 Å². The normalized spacial score (nSPS) is 13.8. The van der Waals surface area contributed by atoms with Gasteiger partial charge in [-0.05, 0) is 48.5 Å². The molecule has 2 aromatic carbocycles. The van der Waals surface area contributed by atoms with Gasteiger partial charge in [-0.2, -0.15) is 0 Å². The first-order chi connectivity index (χ1) is 13.5. The summed E-state index contributed by atoms with van der Waals surface area (Å²) >= 11 is 0. The minimum Gasteiger partial charge on any atom is -0.497 e. The highest BCUT2D eigenvalue weighted by Gasteiger charge is 2.23. The number of nitrogens with one attached hydrogen (secondary N) is 1. The summed E-state index contributed by atoms with van der Waals surface area (Å²) in [7, 11) is 1.58. The summed E-state index contributed by atoms with van der Waals surface area (Å²) in [6, 6.07) is 13.6. The van der Waals surface area contributed by atoms with E-state index in [1.807, 2.05) is 0 Å². The molecule has 0 aliphatic carbocycles. The molecule has 1 N–H and O–H groups in total. The van der Waals surface area contributed by atoms with Gasteiger partial charge in [0.25, 0.3) is 11.8 Å². The Balaban J connectivity index is 1.60. The third-order valence-electron chi connectivity index (χ3n) is 4.75. The number of hydrogen-bond acceptors (Lipinski definition) is 4. The van der Waals surface area contributed by atoms with E-state index in [2.05, 4.69) is 5.32 Å². The molecule has 28 heavy (non-hydrogen) atoms. The molecule has 1 heterocycles. The van der Waals surface area contributed by atoms with Crippen LogP contribution in [0.4, 0.5) is 5.69 Å². The van der Waals surface area contributed by atoms with E-state index in [4.69, 9.17) is 4.74 Å². The Hall–Kier alpha value is -3.35. The van der Waals surface area contributed by atoms with E-state index in [1.165, 1.54) is 6.92 Å². The van der Waals surface area contributed by atoms with Crippen molar-refractivity contribution in [2.45, 2.75) is 6.92 Å². The zero-order valence-corrected chi connectivity index (χ0v) is 16.0. The van der Waals surface area contributed by atoms with Gasteiger partial charge in [0.2, 0.25) is 5.91 Å². The molecule has 3 rings (SSSR count). The fraction of sp³-hybridized carbons (Fsp3) is 0.286. The number of methoxy groups -OCH3 is 1. The van der Waals surface area contributed by atoms with Gasteiger partial charge in [0, 0.05) is 49.9 Å². The lowest BCUT2D eigenvalue weighted by Crippen LogP contribution is -2.50. The number of anilines is 1. The number of ether oxygens (including phenoxy) is 1. The number of nitrogens with zero attached hydrogens (tertiary/aromatic N) is 2. The number of amides is 3. The zero-order valence-electron chi connectivity index (χ0n) is 16.0. The van der Waals surface area contributed by atoms with Crippen molar-refractivity contribution in [3.8, 4) is 5.75 Å². The lowest BCUT2D eigenvalue weighted by molar-refractivity contribution is -0.130. The van der Waals surface area contributed by atoms with Crippen LogP contribution in [-0.2, 0) is 4.79 Å². The maximum Gasteiger partial charge on any atom is 0.255 e. The Labute approximate surface area is 163 Å². The maximum atomic E-state index is 12.6. The van der Waals surface area contributed by atoms with Crippen molar-refractivity contribution in [1.29, 1.82) is 0 Å². The van der Waals surface area contributed by atoms with Gasteiger partial charge in [0.1, 0.15) is 5.75 Å². The van der Waals surface area contributed by atoms with Gasteiger partial charge < -0.3 is 19.9 Å². The van der Waals surface area contributed by atoms with E-state index in [1.54, 1.807) is 65.4 Å². The molecule has 1 aliphatic heterocycles. The molecule has 2 aromatic rings. The van der Waals surface area contributed by atoms with E-state index in [-0.39, 0.29) is 17.7 Å². The first kappa shape index (κ1) is 19.4. The average Bonchev–Trinajstić information content (AvgIpc) is 2.74. The fourth-order valence-corrected chi connectivity index (χ4v) is 3.05. The summed E-state index contributed by atoms with van der Waals surface area (Å²) in [4.78, 5) is 39.8. The van der Waals surface area contributed by atoms with Crippen LogP contribution >= 0.6 is 0 Å². The van der Waals surface area contributed by atoms with Crippen molar-refractivity contribution in [3.05, 3.63) is 59.7 Å². The van der Waals surface area contributed by atoms with Gasteiger partial charge in [-0.1, -0.05) is 0 Å². The first-order valence-corrected chi connectivity index (χ1v) is 9.08. The average molecular weight is 381 g/mol. The topological polar surface area (TPSA) is 79.0 Å². The van der Waals surface area contributed by atoms with Gasteiger partial charge in [-0.15, -0.1) is 0 Å². The summed E-state index contributed by atoms with van der Waals surface area (Å²) in [5.41, 5.74) is 1.65. The molecule has 1 saturated heterocycles. The smallest absolute Gasteiger partial charge is 0.255 e. The number of carbonyl (C=O) groups is 3.